The first-order valence-electron chi connectivity index (χ1n) is 8.10. The van der Waals surface area contributed by atoms with Crippen molar-refractivity contribution in [3.05, 3.63) is 51.4 Å². The van der Waals surface area contributed by atoms with Crippen molar-refractivity contribution in [3.63, 3.8) is 0 Å². The number of alkyl halides is 2. The summed E-state index contributed by atoms with van der Waals surface area (Å²) in [5, 5.41) is 1.06. The van der Waals surface area contributed by atoms with Crippen molar-refractivity contribution in [3.8, 4) is 11.5 Å². The average Bonchev–Trinajstić information content (AvgIpc) is 2.98. The van der Waals surface area contributed by atoms with E-state index in [1.807, 2.05) is 12.1 Å². The highest BCUT2D eigenvalue weighted by Gasteiger charge is 2.23. The highest BCUT2D eigenvalue weighted by Crippen LogP contribution is 2.38. The summed E-state index contributed by atoms with van der Waals surface area (Å²) in [5.41, 5.74) is 1.68. The second kappa shape index (κ2) is 7.48. The van der Waals surface area contributed by atoms with Crippen molar-refractivity contribution in [2.24, 2.45) is 0 Å². The predicted octanol–water partition coefficient (Wildman–Crippen LogP) is 6.75. The van der Waals surface area contributed by atoms with E-state index in [-0.39, 0.29) is 5.75 Å². The maximum atomic E-state index is 12.9. The Hall–Kier alpha value is -1.73. The first-order chi connectivity index (χ1) is 12.2. The maximum absolute atomic E-state index is 12.9. The minimum atomic E-state index is -3.20. The van der Waals surface area contributed by atoms with Crippen LogP contribution in [0.25, 0.3) is 10.2 Å². The molecule has 3 rings (SSSR count). The summed E-state index contributed by atoms with van der Waals surface area (Å²) in [5.74, 6) is 1.15. The average molecular weight is 442 g/mol. The van der Waals surface area contributed by atoms with Gasteiger partial charge < -0.3 is 9.47 Å². The van der Waals surface area contributed by atoms with Crippen molar-refractivity contribution in [2.75, 3.05) is 0 Å². The van der Waals surface area contributed by atoms with Gasteiger partial charge in [0, 0.05) is 12.8 Å². The fraction of sp³-hybridized carbons (Fsp3) is 0.316. The van der Waals surface area contributed by atoms with Crippen molar-refractivity contribution >= 4 is 37.5 Å². The number of hydrogen-bond donors (Lipinski definition) is 0. The number of benzene rings is 2. The molecule has 0 amide bonds. The van der Waals surface area contributed by atoms with Crippen LogP contribution in [-0.2, 0) is 6.61 Å². The monoisotopic (exact) mass is 441 g/mol. The van der Waals surface area contributed by atoms with E-state index in [0.717, 1.165) is 25.3 Å². The lowest BCUT2D eigenvalue weighted by atomic mass is 10.2. The number of halogens is 3. The molecule has 0 spiro atoms. The van der Waals surface area contributed by atoms with Gasteiger partial charge >= 0.3 is 6.11 Å². The van der Waals surface area contributed by atoms with Crippen molar-refractivity contribution in [2.45, 2.75) is 39.4 Å². The highest BCUT2D eigenvalue weighted by atomic mass is 79.9. The zero-order valence-corrected chi connectivity index (χ0v) is 17.0. The van der Waals surface area contributed by atoms with E-state index in [1.165, 1.54) is 12.1 Å². The second-order valence-corrected chi connectivity index (χ2v) is 8.19. The summed E-state index contributed by atoms with van der Waals surface area (Å²) in [6.07, 6.45) is -3.20. The summed E-state index contributed by atoms with van der Waals surface area (Å²) in [4.78, 5) is 4.70. The number of fused-ring (bicyclic) bond motifs is 1. The SMILES string of the molecule is CC(C)c1nc2c(OCc3ccc(OC(C)(F)F)cc3)c(Br)ccc2s1. The molecule has 2 aromatic carbocycles. The van der Waals surface area contributed by atoms with Gasteiger partial charge in [-0.25, -0.2) is 4.98 Å². The Kier molecular flexibility index (Phi) is 5.48. The van der Waals surface area contributed by atoms with Gasteiger partial charge in [-0.05, 0) is 45.8 Å². The molecule has 0 radical (unpaired) electrons. The molecule has 0 saturated carbocycles. The molecule has 138 valence electrons. The molecule has 0 saturated heterocycles. The molecule has 1 aromatic heterocycles. The van der Waals surface area contributed by atoms with Gasteiger partial charge in [0.15, 0.2) is 5.75 Å². The lowest BCUT2D eigenvalue weighted by Crippen LogP contribution is -2.19. The topological polar surface area (TPSA) is 31.4 Å². The van der Waals surface area contributed by atoms with Crippen LogP contribution in [0.15, 0.2) is 40.9 Å². The van der Waals surface area contributed by atoms with Gasteiger partial charge in [-0.2, -0.15) is 8.78 Å². The summed E-state index contributed by atoms with van der Waals surface area (Å²) in [6.45, 7) is 5.23. The zero-order valence-electron chi connectivity index (χ0n) is 14.6. The Bertz CT molecular complexity index is 904. The highest BCUT2D eigenvalue weighted by molar-refractivity contribution is 9.10. The van der Waals surface area contributed by atoms with Crippen LogP contribution in [-0.4, -0.2) is 11.1 Å². The molecule has 26 heavy (non-hydrogen) atoms. The van der Waals surface area contributed by atoms with Crippen LogP contribution in [0.1, 0.15) is 37.3 Å². The quantitative estimate of drug-likeness (QED) is 0.423. The van der Waals surface area contributed by atoms with Crippen LogP contribution < -0.4 is 9.47 Å². The van der Waals surface area contributed by atoms with Crippen molar-refractivity contribution < 1.29 is 18.3 Å². The summed E-state index contributed by atoms with van der Waals surface area (Å²) >= 11 is 5.18. The van der Waals surface area contributed by atoms with E-state index in [2.05, 4.69) is 34.5 Å². The summed E-state index contributed by atoms with van der Waals surface area (Å²) < 4.78 is 38.2. The Labute approximate surface area is 163 Å². The minimum Gasteiger partial charge on any atom is -0.485 e. The Morgan fingerprint density at radius 1 is 1.15 bits per heavy atom. The third kappa shape index (κ3) is 4.51. The number of ether oxygens (including phenoxy) is 2. The predicted molar refractivity (Wildman–Crippen MR) is 103 cm³/mol. The van der Waals surface area contributed by atoms with Crippen LogP contribution in [0.3, 0.4) is 0 Å². The Morgan fingerprint density at radius 3 is 2.46 bits per heavy atom. The smallest absolute Gasteiger partial charge is 0.394 e. The minimum absolute atomic E-state index is 0.116. The van der Waals surface area contributed by atoms with Gasteiger partial charge in [-0.15, -0.1) is 11.3 Å². The number of nitrogens with zero attached hydrogens (tertiary/aromatic N) is 1. The molecule has 0 fully saturated rings. The number of thiazole rings is 1. The lowest BCUT2D eigenvalue weighted by Gasteiger charge is -2.13. The van der Waals surface area contributed by atoms with Gasteiger partial charge in [0.1, 0.15) is 17.9 Å². The number of rotatable bonds is 6. The molecule has 0 bridgehead atoms. The number of aromatic nitrogens is 1. The first kappa shape index (κ1) is 19.0. The second-order valence-electron chi connectivity index (χ2n) is 6.27. The Balaban J connectivity index is 1.78. The van der Waals surface area contributed by atoms with Gasteiger partial charge in [0.25, 0.3) is 0 Å². The molecule has 0 aliphatic rings. The van der Waals surface area contributed by atoms with Crippen molar-refractivity contribution in [1.82, 2.24) is 4.98 Å². The molecule has 7 heteroatoms. The zero-order chi connectivity index (χ0) is 18.9. The van der Waals surface area contributed by atoms with Crippen LogP contribution in [0.4, 0.5) is 8.78 Å². The molecule has 0 aliphatic carbocycles. The molecular formula is C19H18BrF2NO2S. The van der Waals surface area contributed by atoms with Gasteiger partial charge in [0.2, 0.25) is 0 Å². The van der Waals surface area contributed by atoms with Gasteiger partial charge in [-0.3, -0.25) is 0 Å². The fourth-order valence-corrected chi connectivity index (χ4v) is 3.77. The molecular weight excluding hydrogens is 424 g/mol. The van der Waals surface area contributed by atoms with Crippen LogP contribution in [0.2, 0.25) is 0 Å². The van der Waals surface area contributed by atoms with E-state index < -0.39 is 6.11 Å². The van der Waals surface area contributed by atoms with E-state index in [4.69, 9.17) is 9.72 Å². The first-order valence-corrected chi connectivity index (χ1v) is 9.71. The molecule has 0 aliphatic heterocycles. The molecule has 0 N–H and O–H groups in total. The van der Waals surface area contributed by atoms with Crippen LogP contribution >= 0.6 is 27.3 Å². The Morgan fingerprint density at radius 2 is 1.85 bits per heavy atom. The van der Waals surface area contributed by atoms with E-state index in [1.54, 1.807) is 23.5 Å². The van der Waals surface area contributed by atoms with Crippen LogP contribution in [0, 0.1) is 0 Å². The fourth-order valence-electron chi connectivity index (χ4n) is 2.36. The van der Waals surface area contributed by atoms with E-state index in [9.17, 15) is 8.78 Å². The summed E-state index contributed by atoms with van der Waals surface area (Å²) in [6, 6.07) is 10.4. The third-order valence-electron chi connectivity index (χ3n) is 3.58. The molecule has 3 aromatic rings. The van der Waals surface area contributed by atoms with Gasteiger partial charge in [0.05, 0.1) is 14.2 Å². The molecule has 1 heterocycles. The van der Waals surface area contributed by atoms with E-state index >= 15 is 0 Å². The van der Waals surface area contributed by atoms with Crippen LogP contribution in [0.5, 0.6) is 11.5 Å². The molecule has 0 atom stereocenters. The molecule has 0 unspecified atom stereocenters. The normalized spacial score (nSPS) is 12.0. The third-order valence-corrected chi connectivity index (χ3v) is 5.53. The van der Waals surface area contributed by atoms with E-state index in [0.29, 0.717) is 25.2 Å². The lowest BCUT2D eigenvalue weighted by molar-refractivity contribution is -0.158. The maximum Gasteiger partial charge on any atom is 0.394 e. The largest absolute Gasteiger partial charge is 0.485 e. The van der Waals surface area contributed by atoms with Gasteiger partial charge in [-0.1, -0.05) is 26.0 Å². The molecule has 3 nitrogen and oxygen atoms in total. The van der Waals surface area contributed by atoms with Crippen molar-refractivity contribution in [1.29, 1.82) is 0 Å². The number of hydrogen-bond acceptors (Lipinski definition) is 4. The summed E-state index contributed by atoms with van der Waals surface area (Å²) in [7, 11) is 0. The standard InChI is InChI=1S/C19H18BrF2NO2S/c1-11(2)18-23-16-15(26-18)9-8-14(20)17(16)24-10-12-4-6-13(7-5-12)25-19(3,21)22/h4-9,11H,10H2,1-3H3.